The Hall–Kier alpha value is -1.91. The van der Waals surface area contributed by atoms with E-state index < -0.39 is 0 Å². The number of nitrogens with one attached hydrogen (secondary N) is 1. The topological polar surface area (TPSA) is 46.2 Å². The fourth-order valence-corrected chi connectivity index (χ4v) is 4.45. The Morgan fingerprint density at radius 3 is 2.42 bits per heavy atom. The predicted molar refractivity (Wildman–Crippen MR) is 149 cm³/mol. The monoisotopic (exact) mass is 491 g/mol. The van der Waals surface area contributed by atoms with Gasteiger partial charge in [-0.05, 0) is 37.2 Å². The van der Waals surface area contributed by atoms with Crippen LogP contribution in [0.4, 0.5) is 5.00 Å². The van der Waals surface area contributed by atoms with Crippen molar-refractivity contribution in [2.75, 3.05) is 11.7 Å². The van der Waals surface area contributed by atoms with Crippen LogP contribution < -0.4 is 5.32 Å². The van der Waals surface area contributed by atoms with Crippen LogP contribution in [-0.2, 0) is 4.79 Å². The Bertz CT molecular complexity index is 869. The second-order valence-corrected chi connectivity index (χ2v) is 9.90. The van der Waals surface area contributed by atoms with Gasteiger partial charge in [-0.15, -0.1) is 22.9 Å². The number of halogens is 1. The van der Waals surface area contributed by atoms with Gasteiger partial charge in [0.25, 0.3) is 0 Å². The SMILES string of the molecule is C=C/C=C(\C)CC(C)C(=O)Nc1scc(C2=CC=CCC2)c1C(=O)CC(C)(C)C.CC.CCl. The molecule has 0 radical (unpaired) electrons. The molecule has 3 nitrogen and oxygen atoms in total. The van der Waals surface area contributed by atoms with Crippen LogP contribution in [0.1, 0.15) is 90.1 Å². The third-order valence-corrected chi connectivity index (χ3v) is 5.73. The number of hydrogen-bond donors (Lipinski definition) is 1. The normalized spacial score (nSPS) is 14.1. The zero-order valence-corrected chi connectivity index (χ0v) is 23.3. The molecule has 33 heavy (non-hydrogen) atoms. The van der Waals surface area contributed by atoms with Gasteiger partial charge in [-0.1, -0.05) is 84.1 Å². The summed E-state index contributed by atoms with van der Waals surface area (Å²) in [6.07, 6.45) is 14.4. The molecule has 1 heterocycles. The Morgan fingerprint density at radius 2 is 1.91 bits per heavy atom. The van der Waals surface area contributed by atoms with Gasteiger partial charge < -0.3 is 5.32 Å². The summed E-state index contributed by atoms with van der Waals surface area (Å²) in [5.41, 5.74) is 3.81. The maximum Gasteiger partial charge on any atom is 0.228 e. The molecule has 5 heteroatoms. The second-order valence-electron chi connectivity index (χ2n) is 9.02. The molecule has 1 amide bonds. The molecule has 2 rings (SSSR count). The standard InChI is InChI=1S/C25H33NO2S.C2H6.CH3Cl/c1-7-11-17(2)14-18(3)23(28)26-24-22(21(27)15-25(4,5)6)20(16-29-24)19-12-9-8-10-13-19;2*1-2/h7-9,11-12,16,18H,1,10,13-15H2,2-6H3,(H,26,28);1-2H3;1H3/b17-11+;;. The minimum absolute atomic E-state index is 0.0578. The molecule has 1 aromatic rings. The lowest BCUT2D eigenvalue weighted by Crippen LogP contribution is -2.22. The van der Waals surface area contributed by atoms with Crippen molar-refractivity contribution in [2.24, 2.45) is 11.3 Å². The summed E-state index contributed by atoms with van der Waals surface area (Å²) in [5, 5.41) is 5.74. The smallest absolute Gasteiger partial charge is 0.228 e. The largest absolute Gasteiger partial charge is 0.317 e. The lowest BCUT2D eigenvalue weighted by Gasteiger charge is -2.19. The first-order chi connectivity index (χ1) is 15.6. The van der Waals surface area contributed by atoms with Gasteiger partial charge in [0, 0.05) is 29.7 Å². The van der Waals surface area contributed by atoms with E-state index in [0.29, 0.717) is 23.4 Å². The molecule has 0 fully saturated rings. The second kappa shape index (κ2) is 15.8. The average molecular weight is 492 g/mol. The number of rotatable bonds is 8. The highest BCUT2D eigenvalue weighted by atomic mass is 35.5. The van der Waals surface area contributed by atoms with Crippen LogP contribution in [0.2, 0.25) is 0 Å². The average Bonchev–Trinajstić information content (AvgIpc) is 3.19. The van der Waals surface area contributed by atoms with Gasteiger partial charge in [-0.25, -0.2) is 0 Å². The van der Waals surface area contributed by atoms with Crippen LogP contribution in [-0.4, -0.2) is 18.1 Å². The maximum absolute atomic E-state index is 13.2. The van der Waals surface area contributed by atoms with Crippen molar-refractivity contribution in [1.82, 2.24) is 0 Å². The number of Topliss-reactive ketones (excluding diaryl/α,β-unsaturated/α-hetero) is 1. The van der Waals surface area contributed by atoms with E-state index in [1.165, 1.54) is 23.3 Å². The molecular formula is C28H42ClNO2S. The molecule has 1 unspecified atom stereocenters. The van der Waals surface area contributed by atoms with E-state index in [0.717, 1.165) is 24.0 Å². The van der Waals surface area contributed by atoms with Crippen molar-refractivity contribution < 1.29 is 9.59 Å². The molecular weight excluding hydrogens is 450 g/mol. The van der Waals surface area contributed by atoms with Crippen molar-refractivity contribution in [2.45, 2.75) is 74.1 Å². The number of anilines is 1. The highest BCUT2D eigenvalue weighted by Gasteiger charge is 2.27. The number of alkyl halides is 1. The first-order valence-corrected chi connectivity index (χ1v) is 13.2. The zero-order chi connectivity index (χ0) is 25.6. The Labute approximate surface area is 210 Å². The lowest BCUT2D eigenvalue weighted by molar-refractivity contribution is -0.119. The highest BCUT2D eigenvalue weighted by molar-refractivity contribution is 7.15. The van der Waals surface area contributed by atoms with Crippen LogP contribution in [0, 0.1) is 11.3 Å². The van der Waals surface area contributed by atoms with Crippen molar-refractivity contribution >= 4 is 45.2 Å². The number of thiophene rings is 1. The van der Waals surface area contributed by atoms with Gasteiger partial charge in [0.1, 0.15) is 5.00 Å². The van der Waals surface area contributed by atoms with Crippen molar-refractivity contribution in [3.05, 3.63) is 59.0 Å². The molecule has 1 aromatic heterocycles. The third kappa shape index (κ3) is 10.7. The molecule has 0 saturated carbocycles. The molecule has 0 spiro atoms. The highest BCUT2D eigenvalue weighted by Crippen LogP contribution is 2.38. The van der Waals surface area contributed by atoms with Crippen molar-refractivity contribution in [3.8, 4) is 0 Å². The molecule has 0 aromatic carbocycles. The Kier molecular flexibility index (Phi) is 14.9. The van der Waals surface area contributed by atoms with Crippen LogP contribution in [0.3, 0.4) is 0 Å². The number of ketones is 1. The van der Waals surface area contributed by atoms with Gasteiger partial charge in [-0.3, -0.25) is 9.59 Å². The van der Waals surface area contributed by atoms with Crippen molar-refractivity contribution in [1.29, 1.82) is 0 Å². The fraction of sp³-hybridized carbons (Fsp3) is 0.500. The summed E-state index contributed by atoms with van der Waals surface area (Å²) in [5.74, 6) is -0.147. The molecule has 0 bridgehead atoms. The van der Waals surface area contributed by atoms with E-state index in [2.05, 4.69) is 56.4 Å². The van der Waals surface area contributed by atoms with Crippen LogP contribution in [0.25, 0.3) is 5.57 Å². The van der Waals surface area contributed by atoms with Crippen molar-refractivity contribution in [3.63, 3.8) is 0 Å². The Balaban J connectivity index is 0.00000242. The maximum atomic E-state index is 13.2. The van der Waals surface area contributed by atoms with Gasteiger partial charge in [0.05, 0.1) is 5.56 Å². The number of amides is 1. The molecule has 1 aliphatic rings. The van der Waals surface area contributed by atoms with E-state index in [1.807, 2.05) is 45.2 Å². The van der Waals surface area contributed by atoms with Gasteiger partial charge in [-0.2, -0.15) is 0 Å². The molecule has 1 N–H and O–H groups in total. The summed E-state index contributed by atoms with van der Waals surface area (Å²) in [7, 11) is 0. The lowest BCUT2D eigenvalue weighted by atomic mass is 9.86. The summed E-state index contributed by atoms with van der Waals surface area (Å²) < 4.78 is 0. The van der Waals surface area contributed by atoms with E-state index in [-0.39, 0.29) is 23.0 Å². The Morgan fingerprint density at radius 1 is 1.27 bits per heavy atom. The van der Waals surface area contributed by atoms with Gasteiger partial charge in [0.2, 0.25) is 5.91 Å². The fourth-order valence-electron chi connectivity index (χ4n) is 3.44. The summed E-state index contributed by atoms with van der Waals surface area (Å²) in [6, 6.07) is 0. The summed E-state index contributed by atoms with van der Waals surface area (Å²) in [4.78, 5) is 26.0. The number of carbonyl (C=O) groups is 2. The predicted octanol–water partition coefficient (Wildman–Crippen LogP) is 9.08. The van der Waals surface area contributed by atoms with E-state index in [1.54, 1.807) is 6.08 Å². The minimum Gasteiger partial charge on any atom is -0.317 e. The van der Waals surface area contributed by atoms with E-state index in [9.17, 15) is 9.59 Å². The summed E-state index contributed by atoms with van der Waals surface area (Å²) >= 11 is 6.09. The molecule has 1 atom stereocenters. The minimum atomic E-state index is -0.181. The van der Waals surface area contributed by atoms with E-state index in [4.69, 9.17) is 0 Å². The first-order valence-electron chi connectivity index (χ1n) is 11.6. The molecule has 184 valence electrons. The van der Waals surface area contributed by atoms with Crippen LogP contribution in [0.15, 0.2) is 47.9 Å². The quantitative estimate of drug-likeness (QED) is 0.224. The first kappa shape index (κ1) is 31.1. The molecule has 1 aliphatic carbocycles. The van der Waals surface area contributed by atoms with Crippen LogP contribution in [0.5, 0.6) is 0 Å². The van der Waals surface area contributed by atoms with Gasteiger partial charge >= 0.3 is 0 Å². The van der Waals surface area contributed by atoms with Gasteiger partial charge in [0.15, 0.2) is 5.78 Å². The zero-order valence-electron chi connectivity index (χ0n) is 21.7. The number of allylic oxidation sites excluding steroid dienone is 7. The summed E-state index contributed by atoms with van der Waals surface area (Å²) in [6.45, 7) is 17.8. The molecule has 0 saturated heterocycles. The number of hydrogen-bond acceptors (Lipinski definition) is 3. The molecule has 0 aliphatic heterocycles. The van der Waals surface area contributed by atoms with Crippen LogP contribution >= 0.6 is 22.9 Å². The number of carbonyl (C=O) groups excluding carboxylic acids is 2. The van der Waals surface area contributed by atoms with E-state index >= 15 is 0 Å². The third-order valence-electron chi connectivity index (χ3n) is 4.84.